The molecule has 2 aliphatic heterocycles. The van der Waals surface area contributed by atoms with Crippen LogP contribution in [0.2, 0.25) is 0 Å². The average molecular weight is 485 g/mol. The van der Waals surface area contributed by atoms with E-state index in [-0.39, 0.29) is 5.91 Å². The van der Waals surface area contributed by atoms with Crippen LogP contribution in [0.3, 0.4) is 0 Å². The van der Waals surface area contributed by atoms with Gasteiger partial charge in [-0.25, -0.2) is 0 Å². The normalized spacial score (nSPS) is 16.6. The van der Waals surface area contributed by atoms with Crippen LogP contribution in [-0.2, 0) is 6.42 Å². The van der Waals surface area contributed by atoms with Gasteiger partial charge in [0, 0.05) is 49.7 Å². The van der Waals surface area contributed by atoms with Crippen LogP contribution in [0, 0.1) is 6.92 Å². The fraction of sp³-hybridized carbons (Fsp3) is 0.310. The lowest BCUT2D eigenvalue weighted by molar-refractivity contribution is 0.0582. The van der Waals surface area contributed by atoms with Crippen molar-refractivity contribution in [1.82, 2.24) is 9.80 Å². The Bertz CT molecular complexity index is 1220. The van der Waals surface area contributed by atoms with Crippen LogP contribution in [0.4, 0.5) is 11.4 Å². The van der Waals surface area contributed by atoms with Gasteiger partial charge in [0.25, 0.3) is 5.91 Å². The molecule has 0 saturated carbocycles. The van der Waals surface area contributed by atoms with E-state index in [1.807, 2.05) is 29.3 Å². The summed E-state index contributed by atoms with van der Waals surface area (Å²) in [6.07, 6.45) is 4.05. The van der Waals surface area contributed by atoms with Gasteiger partial charge in [0.15, 0.2) is 0 Å². The Morgan fingerprint density at radius 2 is 1.80 bits per heavy atom. The topological polar surface area (TPSA) is 47.9 Å². The number of amides is 1. The van der Waals surface area contributed by atoms with Crippen LogP contribution < -0.4 is 4.72 Å². The molecule has 180 valence electrons. The van der Waals surface area contributed by atoms with Crippen molar-refractivity contribution in [3.63, 3.8) is 0 Å². The monoisotopic (exact) mass is 484 g/mol. The highest BCUT2D eigenvalue weighted by atomic mass is 32.2. The van der Waals surface area contributed by atoms with Crippen molar-refractivity contribution in [3.8, 4) is 0 Å². The Labute approximate surface area is 212 Å². The number of para-hydroxylation sites is 1. The third-order valence-electron chi connectivity index (χ3n) is 7.02. The van der Waals surface area contributed by atoms with Gasteiger partial charge in [-0.15, -0.1) is 0 Å². The molecule has 1 atom stereocenters. The third-order valence-corrected chi connectivity index (χ3v) is 7.89. The van der Waals surface area contributed by atoms with Crippen molar-refractivity contribution in [2.24, 2.45) is 4.99 Å². The zero-order chi connectivity index (χ0) is 24.2. The lowest BCUT2D eigenvalue weighted by atomic mass is 10.1. The number of aryl methyl sites for hydroxylation is 2. The van der Waals surface area contributed by atoms with E-state index in [1.165, 1.54) is 11.1 Å². The summed E-state index contributed by atoms with van der Waals surface area (Å²) < 4.78 is 3.47. The number of aliphatic imine (C=N–C) groups is 1. The predicted octanol–water partition coefficient (Wildman–Crippen LogP) is 6.28. The van der Waals surface area contributed by atoms with Gasteiger partial charge < -0.3 is 9.62 Å². The number of benzene rings is 3. The number of fused-ring (bicyclic) bond motifs is 1. The van der Waals surface area contributed by atoms with Gasteiger partial charge in [-0.05, 0) is 79.6 Å². The van der Waals surface area contributed by atoms with Crippen molar-refractivity contribution in [2.45, 2.75) is 37.6 Å². The highest BCUT2D eigenvalue weighted by molar-refractivity contribution is 8.00. The average Bonchev–Trinajstić information content (AvgIpc) is 2.92. The zero-order valence-corrected chi connectivity index (χ0v) is 21.2. The van der Waals surface area contributed by atoms with E-state index in [0.717, 1.165) is 66.4 Å². The summed E-state index contributed by atoms with van der Waals surface area (Å²) in [4.78, 5) is 23.4. The van der Waals surface area contributed by atoms with E-state index in [2.05, 4.69) is 77.0 Å². The summed E-state index contributed by atoms with van der Waals surface area (Å²) in [6, 6.07) is 23.3. The number of carbonyl (C=O) groups is 1. The highest BCUT2D eigenvalue weighted by Gasteiger charge is 2.25. The number of rotatable bonds is 6. The molecule has 2 heterocycles. The molecule has 0 spiro atoms. The molecular formula is C29H32N4OS. The van der Waals surface area contributed by atoms with Gasteiger partial charge in [0.2, 0.25) is 0 Å². The van der Waals surface area contributed by atoms with Gasteiger partial charge in [-0.2, -0.15) is 0 Å². The maximum absolute atomic E-state index is 13.2. The Balaban J connectivity index is 1.19. The van der Waals surface area contributed by atoms with Gasteiger partial charge in [-0.3, -0.25) is 14.7 Å². The van der Waals surface area contributed by atoms with Crippen LogP contribution >= 0.6 is 11.9 Å². The van der Waals surface area contributed by atoms with E-state index >= 15 is 0 Å². The molecule has 0 radical (unpaired) electrons. The molecule has 0 aliphatic carbocycles. The van der Waals surface area contributed by atoms with E-state index < -0.39 is 0 Å². The van der Waals surface area contributed by atoms with Crippen molar-refractivity contribution < 1.29 is 4.79 Å². The minimum atomic E-state index is 0.116. The first-order valence-corrected chi connectivity index (χ1v) is 13.2. The Morgan fingerprint density at radius 1 is 1.00 bits per heavy atom. The number of anilines is 1. The number of hydrogen-bond donors (Lipinski definition) is 1. The number of nitrogens with zero attached hydrogens (tertiary/aromatic N) is 3. The second-order valence-electron chi connectivity index (χ2n) is 9.26. The minimum absolute atomic E-state index is 0.116. The van der Waals surface area contributed by atoms with Crippen LogP contribution in [0.25, 0.3) is 0 Å². The molecule has 1 N–H and O–H groups in total. The molecule has 5 nitrogen and oxygen atoms in total. The Hall–Kier alpha value is -3.09. The van der Waals surface area contributed by atoms with Crippen LogP contribution in [0.1, 0.15) is 46.4 Å². The molecule has 5 rings (SSSR count). The molecule has 1 amide bonds. The van der Waals surface area contributed by atoms with Gasteiger partial charge >= 0.3 is 0 Å². The number of hydrogen-bond acceptors (Lipinski definition) is 5. The van der Waals surface area contributed by atoms with Crippen molar-refractivity contribution in [3.05, 3.63) is 89.0 Å². The van der Waals surface area contributed by atoms with Crippen LogP contribution in [0.15, 0.2) is 76.6 Å². The van der Waals surface area contributed by atoms with Gasteiger partial charge in [0.1, 0.15) is 0 Å². The fourth-order valence-corrected chi connectivity index (χ4v) is 5.71. The maximum atomic E-state index is 13.2. The molecule has 1 saturated heterocycles. The molecule has 2 aliphatic rings. The maximum Gasteiger partial charge on any atom is 0.253 e. The summed E-state index contributed by atoms with van der Waals surface area (Å²) >= 11 is 1.58. The first-order valence-electron chi connectivity index (χ1n) is 12.4. The van der Waals surface area contributed by atoms with Crippen molar-refractivity contribution in [1.29, 1.82) is 0 Å². The van der Waals surface area contributed by atoms with Crippen LogP contribution in [0.5, 0.6) is 0 Å². The summed E-state index contributed by atoms with van der Waals surface area (Å²) in [6.45, 7) is 7.59. The van der Waals surface area contributed by atoms with E-state index in [0.29, 0.717) is 6.04 Å². The molecule has 3 aromatic rings. The molecular weight excluding hydrogens is 452 g/mol. The fourth-order valence-electron chi connectivity index (χ4n) is 4.83. The number of nitrogens with one attached hydrogen (secondary N) is 1. The van der Waals surface area contributed by atoms with E-state index in [1.54, 1.807) is 11.9 Å². The molecule has 3 aromatic carbocycles. The second kappa shape index (κ2) is 10.7. The molecule has 6 heteroatoms. The first kappa shape index (κ1) is 23.6. The molecule has 1 unspecified atom stereocenters. The number of piperazine rings is 1. The molecule has 35 heavy (non-hydrogen) atoms. The Kier molecular flexibility index (Phi) is 7.21. The molecule has 0 bridgehead atoms. The van der Waals surface area contributed by atoms with Crippen molar-refractivity contribution in [2.75, 3.05) is 30.9 Å². The van der Waals surface area contributed by atoms with E-state index in [4.69, 9.17) is 0 Å². The molecule has 1 fully saturated rings. The largest absolute Gasteiger partial charge is 0.336 e. The molecule has 0 aromatic heterocycles. The summed E-state index contributed by atoms with van der Waals surface area (Å²) in [5.41, 5.74) is 6.53. The van der Waals surface area contributed by atoms with Gasteiger partial charge in [0.05, 0.1) is 10.6 Å². The number of carbonyl (C=O) groups excluding carboxylic acids is 1. The van der Waals surface area contributed by atoms with Gasteiger partial charge in [-0.1, -0.05) is 42.5 Å². The second-order valence-corrected chi connectivity index (χ2v) is 10.1. The first-order chi connectivity index (χ1) is 17.1. The summed E-state index contributed by atoms with van der Waals surface area (Å²) in [7, 11) is 0. The third kappa shape index (κ3) is 5.29. The Morgan fingerprint density at radius 3 is 2.57 bits per heavy atom. The van der Waals surface area contributed by atoms with Crippen LogP contribution in [-0.4, -0.2) is 48.1 Å². The summed E-state index contributed by atoms with van der Waals surface area (Å²) in [5.74, 6) is 0.116. The zero-order valence-electron chi connectivity index (χ0n) is 20.4. The lowest BCUT2D eigenvalue weighted by Gasteiger charge is -2.38. The van der Waals surface area contributed by atoms with E-state index in [9.17, 15) is 4.79 Å². The summed E-state index contributed by atoms with van der Waals surface area (Å²) in [5, 5.41) is 0. The van der Waals surface area contributed by atoms with Crippen molar-refractivity contribution >= 4 is 35.4 Å². The predicted molar refractivity (Wildman–Crippen MR) is 146 cm³/mol. The smallest absolute Gasteiger partial charge is 0.253 e. The standard InChI is InChI=1S/C29H32N4OS/c1-21-20-25(13-14-26(21)31-35-27-12-6-10-24-11-7-15-30-28(24)27)29(34)33-18-16-32(17-19-33)22(2)23-8-4-3-5-9-23/h3-6,8-10,12-15,20,22,31H,7,11,16-19H2,1-2H3. The minimum Gasteiger partial charge on any atom is -0.336 e. The SMILES string of the molecule is Cc1cc(C(=O)N2CCN(C(C)c3ccccc3)CC2)ccc1NSc1cccc2c1N=CCC2. The quantitative estimate of drug-likeness (QED) is 0.418. The lowest BCUT2D eigenvalue weighted by Crippen LogP contribution is -2.49. The highest BCUT2D eigenvalue weighted by Crippen LogP contribution is 2.36.